The van der Waals surface area contributed by atoms with Crippen molar-refractivity contribution in [3.8, 4) is 0 Å². The predicted octanol–water partition coefficient (Wildman–Crippen LogP) is 0.322. The summed E-state index contributed by atoms with van der Waals surface area (Å²) in [4.78, 5) is 10.3. The summed E-state index contributed by atoms with van der Waals surface area (Å²) in [6.45, 7) is 2.03. The number of hydrogen-bond acceptors (Lipinski definition) is 2. The van der Waals surface area contributed by atoms with Crippen LogP contribution in [0.15, 0.2) is 0 Å². The Morgan fingerprint density at radius 1 is 2.00 bits per heavy atom. The summed E-state index contributed by atoms with van der Waals surface area (Å²) in [6.07, 6.45) is 0.964. The standard InChI is InChI=1S/C5H6O2/c1-3-2-5(3)4(6)7-5/h3H,2H2,1H3. The highest BCUT2D eigenvalue weighted by molar-refractivity contribution is 5.96. The molecule has 2 nitrogen and oxygen atoms in total. The zero-order valence-corrected chi connectivity index (χ0v) is 4.10. The molecule has 1 spiro atoms. The minimum Gasteiger partial charge on any atom is -0.444 e. The maximum Gasteiger partial charge on any atom is 0.352 e. The molecule has 0 aromatic rings. The molecule has 2 rings (SSSR count). The number of epoxide rings is 1. The lowest BCUT2D eigenvalue weighted by Gasteiger charge is -1.64. The van der Waals surface area contributed by atoms with Gasteiger partial charge in [0.2, 0.25) is 5.60 Å². The first-order valence-electron chi connectivity index (χ1n) is 2.49. The smallest absolute Gasteiger partial charge is 0.352 e. The number of carbonyl (C=O) groups excluding carboxylic acids is 1. The van der Waals surface area contributed by atoms with Gasteiger partial charge in [-0.1, -0.05) is 6.92 Å². The fourth-order valence-electron chi connectivity index (χ4n) is 0.963. The molecule has 0 aromatic carbocycles. The molecule has 2 heteroatoms. The van der Waals surface area contributed by atoms with Gasteiger partial charge in [0.15, 0.2) is 0 Å². The molecule has 2 aliphatic rings. The number of rotatable bonds is 0. The first kappa shape index (κ1) is 3.47. The molecule has 1 saturated heterocycles. The van der Waals surface area contributed by atoms with Crippen molar-refractivity contribution in [2.24, 2.45) is 5.92 Å². The molecule has 0 aromatic heterocycles. The Kier molecular flexibility index (Phi) is 0.299. The zero-order valence-electron chi connectivity index (χ0n) is 4.10. The van der Waals surface area contributed by atoms with Gasteiger partial charge in [-0.05, 0) is 0 Å². The van der Waals surface area contributed by atoms with Crippen LogP contribution in [0.3, 0.4) is 0 Å². The fourth-order valence-corrected chi connectivity index (χ4v) is 0.963. The third-order valence-corrected chi connectivity index (χ3v) is 1.82. The average molecular weight is 98.1 g/mol. The van der Waals surface area contributed by atoms with E-state index in [0.717, 1.165) is 6.42 Å². The van der Waals surface area contributed by atoms with Gasteiger partial charge in [-0.15, -0.1) is 0 Å². The number of hydrogen-bond donors (Lipinski definition) is 0. The van der Waals surface area contributed by atoms with Crippen molar-refractivity contribution >= 4 is 5.97 Å². The largest absolute Gasteiger partial charge is 0.444 e. The topological polar surface area (TPSA) is 29.6 Å². The number of carbonyl (C=O) groups is 1. The highest BCUT2D eigenvalue weighted by Crippen LogP contribution is 2.57. The van der Waals surface area contributed by atoms with Crippen LogP contribution in [0.5, 0.6) is 0 Å². The van der Waals surface area contributed by atoms with Crippen LogP contribution in [-0.4, -0.2) is 11.6 Å². The van der Waals surface area contributed by atoms with E-state index in [0.29, 0.717) is 5.92 Å². The first-order chi connectivity index (χ1) is 3.26. The van der Waals surface area contributed by atoms with Crippen molar-refractivity contribution in [2.45, 2.75) is 18.9 Å². The normalized spacial score (nSPS) is 54.4. The van der Waals surface area contributed by atoms with E-state index in [4.69, 9.17) is 0 Å². The molecule has 0 radical (unpaired) electrons. The molecule has 0 bridgehead atoms. The summed E-state index contributed by atoms with van der Waals surface area (Å²) >= 11 is 0. The van der Waals surface area contributed by atoms with Gasteiger partial charge in [0.05, 0.1) is 0 Å². The second-order valence-corrected chi connectivity index (χ2v) is 2.38. The first-order valence-corrected chi connectivity index (χ1v) is 2.49. The molecule has 2 unspecified atom stereocenters. The Labute approximate surface area is 41.5 Å². The molecule has 1 saturated carbocycles. The fraction of sp³-hybridized carbons (Fsp3) is 0.800. The van der Waals surface area contributed by atoms with E-state index in [1.54, 1.807) is 0 Å². The van der Waals surface area contributed by atoms with E-state index in [2.05, 4.69) is 4.74 Å². The molecule has 2 fully saturated rings. The van der Waals surface area contributed by atoms with Crippen LogP contribution < -0.4 is 0 Å². The number of ether oxygens (including phenoxy) is 1. The summed E-state index contributed by atoms with van der Waals surface area (Å²) < 4.78 is 4.69. The lowest BCUT2D eigenvalue weighted by atomic mass is 10.4. The monoisotopic (exact) mass is 98.0 g/mol. The Bertz CT molecular complexity index is 141. The van der Waals surface area contributed by atoms with Crippen molar-refractivity contribution in [2.75, 3.05) is 0 Å². The summed E-state index contributed by atoms with van der Waals surface area (Å²) in [5, 5.41) is 0. The summed E-state index contributed by atoms with van der Waals surface area (Å²) in [5.41, 5.74) is -0.222. The zero-order chi connectivity index (χ0) is 5.07. The molecular formula is C5H6O2. The van der Waals surface area contributed by atoms with Gasteiger partial charge in [0, 0.05) is 12.3 Å². The van der Waals surface area contributed by atoms with Crippen LogP contribution in [0.4, 0.5) is 0 Å². The van der Waals surface area contributed by atoms with Gasteiger partial charge in [-0.3, -0.25) is 0 Å². The molecule has 2 atom stereocenters. The van der Waals surface area contributed by atoms with E-state index >= 15 is 0 Å². The predicted molar refractivity (Wildman–Crippen MR) is 22.6 cm³/mol. The van der Waals surface area contributed by atoms with Crippen LogP contribution in [0, 0.1) is 5.92 Å². The Hall–Kier alpha value is -0.530. The van der Waals surface area contributed by atoms with Gasteiger partial charge in [-0.2, -0.15) is 0 Å². The maximum atomic E-state index is 10.3. The van der Waals surface area contributed by atoms with Crippen molar-refractivity contribution in [1.82, 2.24) is 0 Å². The second kappa shape index (κ2) is 0.602. The highest BCUT2D eigenvalue weighted by Gasteiger charge is 2.74. The van der Waals surface area contributed by atoms with E-state index in [1.165, 1.54) is 0 Å². The van der Waals surface area contributed by atoms with Crippen LogP contribution in [0.1, 0.15) is 13.3 Å². The molecular weight excluding hydrogens is 92.1 g/mol. The molecule has 1 aliphatic carbocycles. The van der Waals surface area contributed by atoms with Crippen LogP contribution >= 0.6 is 0 Å². The summed E-state index contributed by atoms with van der Waals surface area (Å²) in [5.74, 6) is 0.528. The molecule has 0 amide bonds. The van der Waals surface area contributed by atoms with Gasteiger partial charge in [-0.25, -0.2) is 4.79 Å². The minimum absolute atomic E-state index is 0.0139. The summed E-state index contributed by atoms with van der Waals surface area (Å²) in [7, 11) is 0. The van der Waals surface area contributed by atoms with E-state index in [9.17, 15) is 4.79 Å². The van der Waals surface area contributed by atoms with Crippen LogP contribution in [0.25, 0.3) is 0 Å². The van der Waals surface area contributed by atoms with Crippen LogP contribution in [0.2, 0.25) is 0 Å². The highest BCUT2D eigenvalue weighted by atomic mass is 16.7. The van der Waals surface area contributed by atoms with E-state index in [1.807, 2.05) is 6.92 Å². The molecule has 38 valence electrons. The Morgan fingerprint density at radius 3 is 2.43 bits per heavy atom. The Balaban J connectivity index is 2.24. The summed E-state index contributed by atoms with van der Waals surface area (Å²) in [6, 6.07) is 0. The van der Waals surface area contributed by atoms with Crippen molar-refractivity contribution in [1.29, 1.82) is 0 Å². The van der Waals surface area contributed by atoms with E-state index in [-0.39, 0.29) is 11.6 Å². The SMILES string of the molecule is CC1CC12OC2=O. The lowest BCUT2D eigenvalue weighted by molar-refractivity contribution is -0.117. The van der Waals surface area contributed by atoms with Crippen molar-refractivity contribution in [3.63, 3.8) is 0 Å². The van der Waals surface area contributed by atoms with Crippen molar-refractivity contribution in [3.05, 3.63) is 0 Å². The Morgan fingerprint density at radius 2 is 2.43 bits per heavy atom. The van der Waals surface area contributed by atoms with Gasteiger partial charge < -0.3 is 4.74 Å². The lowest BCUT2D eigenvalue weighted by Crippen LogP contribution is -1.84. The average Bonchev–Trinajstić information content (AvgIpc) is 2.28. The van der Waals surface area contributed by atoms with Gasteiger partial charge in [0.25, 0.3) is 0 Å². The van der Waals surface area contributed by atoms with Gasteiger partial charge >= 0.3 is 5.97 Å². The third-order valence-electron chi connectivity index (χ3n) is 1.82. The molecule has 1 aliphatic heterocycles. The maximum absolute atomic E-state index is 10.3. The van der Waals surface area contributed by atoms with E-state index < -0.39 is 0 Å². The second-order valence-electron chi connectivity index (χ2n) is 2.38. The third kappa shape index (κ3) is 0.216. The molecule has 1 heterocycles. The van der Waals surface area contributed by atoms with Crippen LogP contribution in [-0.2, 0) is 9.53 Å². The van der Waals surface area contributed by atoms with Gasteiger partial charge in [0.1, 0.15) is 0 Å². The van der Waals surface area contributed by atoms with Crippen molar-refractivity contribution < 1.29 is 9.53 Å². The molecule has 0 N–H and O–H groups in total. The quantitative estimate of drug-likeness (QED) is 0.408. The minimum atomic E-state index is -0.222. The molecule has 7 heavy (non-hydrogen) atoms.